The van der Waals surface area contributed by atoms with Gasteiger partial charge in [-0.15, -0.1) is 68.0 Å². The maximum Gasteiger partial charge on any atom is 0.342 e. The lowest BCUT2D eigenvalue weighted by molar-refractivity contribution is 0.00707. The Morgan fingerprint density at radius 3 is 1.31 bits per heavy atom. The topological polar surface area (TPSA) is 388 Å². The highest BCUT2D eigenvalue weighted by molar-refractivity contribution is 9.10. The van der Waals surface area contributed by atoms with Crippen LogP contribution < -0.4 is 21.3 Å². The molecule has 7 aromatic carbocycles. The largest absolute Gasteiger partial charge is 0.478 e. The molecule has 0 unspecified atom stereocenters. The number of ketones is 1. The van der Waals surface area contributed by atoms with Gasteiger partial charge in [-0.3, -0.25) is 28.7 Å². The molecule has 10 heterocycles. The number of rotatable bonds is 23. The summed E-state index contributed by atoms with van der Waals surface area (Å²) in [7, 11) is 3.50. The summed E-state index contributed by atoms with van der Waals surface area (Å²) in [6.07, 6.45) is 7.51. The highest BCUT2D eigenvalue weighted by atomic mass is 79.9. The van der Waals surface area contributed by atoms with Crippen LogP contribution in [-0.4, -0.2) is 119 Å². The van der Waals surface area contributed by atoms with Crippen LogP contribution in [0.25, 0.3) is 72.6 Å². The number of Topliss-reactive ketones (excluding diaryl/α,β-unsaturated/α-hetero) is 1. The fourth-order valence-corrected chi connectivity index (χ4v) is 19.3. The summed E-state index contributed by atoms with van der Waals surface area (Å²) >= 11 is 34.3. The summed E-state index contributed by atoms with van der Waals surface area (Å²) in [6.45, 7) is 7.22. The Kier molecular flexibility index (Phi) is 32.1. The first kappa shape index (κ1) is 97.6. The molecule has 0 aliphatic rings. The zero-order valence-corrected chi connectivity index (χ0v) is 80.3. The number of imidazole rings is 1. The molecule has 0 saturated carbocycles. The van der Waals surface area contributed by atoms with E-state index >= 15 is 0 Å². The average molecular weight is 2050 g/mol. The number of hydrogen-bond acceptors (Lipinski definition) is 22. The van der Waals surface area contributed by atoms with E-state index in [0.29, 0.717) is 90.6 Å². The van der Waals surface area contributed by atoms with E-state index in [4.69, 9.17) is 55.6 Å². The predicted octanol–water partition coefficient (Wildman–Crippen LogP) is 25.3. The molecule has 0 bridgehead atoms. The standard InChI is InChI=1S/C22H16ClN3O3S.C21H14ClN3O3S.C20H19BrN2O3S2.C17H11ClO4S.C16H12ClN3O3S/c1-26-18(14-5-3-2-4-6-14)11-17(25-26)20(27)24-21-19(22(28)29)16(12-30-21)13-7-9-15(23)10-8-13;22-15-8-6-13(7-9-15)17-12-29-20(18(17)21(27)28)24-19(26)14-10-23-25(11-14)16-4-2-1-3-5-16;1-11-16(28-10-22-11)17(24)23-18-15(19(25)26-20(2,3)4)14(9-27-18)12-5-7-13(21)8-6-12;18-11-5-3-10(4-6-11)12-9-23-15(16(12)17(20)21)8-13(19)14-2-1-7-22-14;1-20-6-12(18-8-20)14(21)19-15-13(16(22)23)11(7-24-15)9-2-4-10(17)5-3-9/h2-12H,1H3,(H,24,27)(H,28,29);1-12H,(H,24,26)(H,27,28);5-10H,1-4H3,(H,23,24);1-7,9H,8H2,(H,20,21);2-8H,1H3,(H,19,21)(H,22,23). The number of anilines is 4. The van der Waals surface area contributed by atoms with Gasteiger partial charge < -0.3 is 55.4 Å². The minimum atomic E-state index is -1.12. The van der Waals surface area contributed by atoms with Crippen LogP contribution in [0.1, 0.15) is 135 Å². The normalized spacial score (nSPS) is 10.8. The van der Waals surface area contributed by atoms with Crippen molar-refractivity contribution in [2.45, 2.75) is 39.7 Å². The van der Waals surface area contributed by atoms with Crippen LogP contribution in [0.15, 0.2) is 273 Å². The van der Waals surface area contributed by atoms with E-state index in [-0.39, 0.29) is 72.5 Å². The summed E-state index contributed by atoms with van der Waals surface area (Å²) in [5.74, 6) is -6.55. The van der Waals surface area contributed by atoms with Gasteiger partial charge in [0.15, 0.2) is 11.5 Å². The molecule has 0 fully saturated rings. The van der Waals surface area contributed by atoms with Crippen molar-refractivity contribution in [3.63, 3.8) is 0 Å². The number of benzene rings is 7. The summed E-state index contributed by atoms with van der Waals surface area (Å²) in [5.41, 5.74) is 12.2. The van der Waals surface area contributed by atoms with Gasteiger partial charge in [-0.2, -0.15) is 10.2 Å². The molecular formula is C96H72BrCl4N11O16S6. The van der Waals surface area contributed by atoms with Crippen LogP contribution in [0.5, 0.6) is 0 Å². The van der Waals surface area contributed by atoms with E-state index in [1.54, 1.807) is 190 Å². The number of carbonyl (C=O) groups excluding carboxylic acids is 6. The molecule has 8 N–H and O–H groups in total. The number of para-hydroxylation sites is 1. The van der Waals surface area contributed by atoms with Gasteiger partial charge in [0.1, 0.15) is 58.4 Å². The number of thiophene rings is 5. The second-order valence-corrected chi connectivity index (χ2v) is 37.6. The number of furan rings is 1. The lowest BCUT2D eigenvalue weighted by atomic mass is 10.0. The monoisotopic (exact) mass is 2050 g/mol. The number of hydrogen-bond donors (Lipinski definition) is 8. The van der Waals surface area contributed by atoms with Crippen molar-refractivity contribution in [1.29, 1.82) is 0 Å². The van der Waals surface area contributed by atoms with Gasteiger partial charge in [-0.25, -0.2) is 38.6 Å². The van der Waals surface area contributed by atoms with Crippen molar-refractivity contribution in [3.05, 3.63) is 354 Å². The third kappa shape index (κ3) is 24.5. The number of halogens is 5. The van der Waals surface area contributed by atoms with E-state index in [2.05, 4.69) is 57.4 Å². The summed E-state index contributed by atoms with van der Waals surface area (Å²) < 4.78 is 16.5. The average Bonchev–Trinajstić information content (AvgIpc) is 1.66. The van der Waals surface area contributed by atoms with Crippen molar-refractivity contribution in [3.8, 4) is 72.6 Å². The lowest BCUT2D eigenvalue weighted by Gasteiger charge is -2.20. The number of nitrogens with zero attached hydrogens (tertiary/aromatic N) is 7. The number of carboxylic acids is 4. The van der Waals surface area contributed by atoms with Crippen molar-refractivity contribution >= 4 is 210 Å². The van der Waals surface area contributed by atoms with E-state index in [1.807, 2.05) is 111 Å². The number of carboxylic acid groups (broad SMARTS) is 4. The van der Waals surface area contributed by atoms with Crippen LogP contribution in [0.2, 0.25) is 20.1 Å². The van der Waals surface area contributed by atoms with E-state index in [9.17, 15) is 68.4 Å². The molecule has 678 valence electrons. The Morgan fingerprint density at radius 2 is 0.881 bits per heavy atom. The number of carbonyl (C=O) groups is 10. The smallest absolute Gasteiger partial charge is 0.342 e. The number of ether oxygens (including phenoxy) is 1. The Morgan fingerprint density at radius 1 is 0.463 bits per heavy atom. The SMILES string of the molecule is Cc1ncsc1C(=O)Nc1scc(-c2ccc(Br)cc2)c1C(=O)OC(C)(C)C.Cn1cnc(C(=O)Nc2scc(-c3ccc(Cl)cc3)c2C(=O)O)c1.Cn1nc(C(=O)Nc2scc(-c3ccc(Cl)cc3)c2C(=O)O)cc1-c1ccccc1.O=C(Cc1scc(-c2ccc(Cl)cc2)c1C(=O)O)c1ccco1.O=C(Nc1scc(-c2ccc(Cl)cc2)c1C(=O)O)c1cnn(-c2ccccc2)c1. The Balaban J connectivity index is 0.000000143. The van der Waals surface area contributed by atoms with Gasteiger partial charge in [0, 0.05) is 112 Å². The predicted molar refractivity (Wildman–Crippen MR) is 530 cm³/mol. The van der Waals surface area contributed by atoms with Crippen molar-refractivity contribution in [2.24, 2.45) is 14.1 Å². The zero-order valence-electron chi connectivity index (χ0n) is 70.8. The summed E-state index contributed by atoms with van der Waals surface area (Å²) in [4.78, 5) is 132. The number of aromatic carboxylic acids is 4. The highest BCUT2D eigenvalue weighted by Gasteiger charge is 2.31. The Hall–Kier alpha value is -13.9. The molecule has 38 heteroatoms. The maximum absolute atomic E-state index is 13.0. The van der Waals surface area contributed by atoms with Crippen LogP contribution in [0.4, 0.5) is 20.0 Å². The van der Waals surface area contributed by atoms with Gasteiger partial charge in [-0.1, -0.05) is 172 Å². The highest BCUT2D eigenvalue weighted by Crippen LogP contribution is 2.43. The van der Waals surface area contributed by atoms with Gasteiger partial charge >= 0.3 is 29.8 Å². The molecule has 17 aromatic rings. The minimum absolute atomic E-state index is 0.00654. The fraction of sp³-hybridized carbons (Fsp3) is 0.0833. The molecule has 17 rings (SSSR count). The molecule has 10 aromatic heterocycles. The number of aryl methyl sites for hydroxylation is 3. The first-order valence-corrected chi connectivity index (χ1v) is 47.1. The van der Waals surface area contributed by atoms with Gasteiger partial charge in [0.05, 0.1) is 52.5 Å². The molecule has 0 spiro atoms. The molecule has 0 saturated heterocycles. The summed E-state index contributed by atoms with van der Waals surface area (Å²) in [6, 6.07) is 59.0. The summed E-state index contributed by atoms with van der Waals surface area (Å²) in [5, 5.41) is 70.1. The molecule has 0 radical (unpaired) electrons. The molecule has 0 aliphatic carbocycles. The molecule has 27 nitrogen and oxygen atoms in total. The second kappa shape index (κ2) is 44.1. The molecule has 0 aliphatic heterocycles. The van der Waals surface area contributed by atoms with E-state index in [0.717, 1.165) is 72.1 Å². The molecule has 4 amide bonds. The second-order valence-electron chi connectivity index (χ2n) is 29.6. The lowest BCUT2D eigenvalue weighted by Crippen LogP contribution is -2.25. The van der Waals surface area contributed by atoms with Crippen molar-refractivity contribution in [1.82, 2.24) is 34.1 Å². The van der Waals surface area contributed by atoms with E-state index in [1.165, 1.54) is 52.8 Å². The van der Waals surface area contributed by atoms with Crippen molar-refractivity contribution < 1.29 is 77.5 Å². The third-order valence-corrected chi connectivity index (χ3v) is 26.3. The zero-order chi connectivity index (χ0) is 95.8. The number of amides is 4. The number of thiazole rings is 1. The number of aromatic nitrogens is 7. The number of esters is 1. The van der Waals surface area contributed by atoms with Crippen molar-refractivity contribution in [2.75, 3.05) is 21.3 Å². The third-order valence-electron chi connectivity index (χ3n) is 19.2. The van der Waals surface area contributed by atoms with Gasteiger partial charge in [0.25, 0.3) is 23.6 Å². The molecule has 134 heavy (non-hydrogen) atoms. The fourth-order valence-electron chi connectivity index (χ4n) is 12.9. The van der Waals surface area contributed by atoms with Gasteiger partial charge in [-0.05, 0) is 157 Å². The Bertz CT molecular complexity index is 7160. The quantitative estimate of drug-likeness (QED) is 0.0218. The minimum Gasteiger partial charge on any atom is -0.478 e. The van der Waals surface area contributed by atoms with Crippen LogP contribution >= 0.6 is 130 Å². The van der Waals surface area contributed by atoms with E-state index < -0.39 is 53.2 Å². The van der Waals surface area contributed by atoms with Crippen LogP contribution in [0, 0.1) is 6.92 Å². The first-order valence-electron chi connectivity index (χ1n) is 39.6. The first-order chi connectivity index (χ1) is 64.1. The van der Waals surface area contributed by atoms with Crippen LogP contribution in [0.3, 0.4) is 0 Å². The van der Waals surface area contributed by atoms with Gasteiger partial charge in [0.2, 0.25) is 5.78 Å². The molecule has 0 atom stereocenters. The van der Waals surface area contributed by atoms with Crippen LogP contribution in [-0.2, 0) is 25.3 Å². The molecular weight excluding hydrogens is 1980 g/mol. The number of nitrogens with one attached hydrogen (secondary N) is 4. The Labute approximate surface area is 816 Å². The maximum atomic E-state index is 13.0.